The maximum Gasteiger partial charge on any atom is 0.215 e. The molecule has 1 atom stereocenters. The van der Waals surface area contributed by atoms with Gasteiger partial charge in [0.2, 0.25) is 5.88 Å². The van der Waals surface area contributed by atoms with E-state index >= 15 is 0 Å². The summed E-state index contributed by atoms with van der Waals surface area (Å²) in [6.07, 6.45) is 0. The first-order valence-corrected chi connectivity index (χ1v) is 6.65. The van der Waals surface area contributed by atoms with Crippen LogP contribution in [0.25, 0.3) is 16.9 Å². The second kappa shape index (κ2) is 5.34. The van der Waals surface area contributed by atoms with Crippen molar-refractivity contribution in [3.8, 4) is 11.6 Å². The maximum absolute atomic E-state index is 13.5. The van der Waals surface area contributed by atoms with E-state index in [1.807, 2.05) is 0 Å². The first-order valence-electron chi connectivity index (χ1n) is 6.65. The molecule has 0 fully saturated rings. The fourth-order valence-corrected chi connectivity index (χ4v) is 2.30. The molecular formula is C15H14F2N4O. The normalized spacial score (nSPS) is 12.6. The fraction of sp³-hybridized carbons (Fsp3) is 0.200. The second-order valence-electron chi connectivity index (χ2n) is 4.92. The SMILES string of the molecule is COc1ccc2nc([C@H](C)N)n(-c3cc(F)cc(F)c3)c2n1. The summed E-state index contributed by atoms with van der Waals surface area (Å²) in [5.41, 5.74) is 7.20. The van der Waals surface area contributed by atoms with Gasteiger partial charge in [0.25, 0.3) is 0 Å². The number of ether oxygens (including phenoxy) is 1. The molecule has 0 aliphatic heterocycles. The lowest BCUT2D eigenvalue weighted by molar-refractivity contribution is 0.399. The van der Waals surface area contributed by atoms with Crippen molar-refractivity contribution >= 4 is 11.2 Å². The number of aromatic nitrogens is 3. The first-order chi connectivity index (χ1) is 10.5. The van der Waals surface area contributed by atoms with Gasteiger partial charge in [-0.1, -0.05) is 0 Å². The average molecular weight is 304 g/mol. The van der Waals surface area contributed by atoms with E-state index in [0.717, 1.165) is 6.07 Å². The van der Waals surface area contributed by atoms with Crippen LogP contribution in [-0.2, 0) is 0 Å². The highest BCUT2D eigenvalue weighted by molar-refractivity contribution is 5.75. The van der Waals surface area contributed by atoms with Crippen LogP contribution in [0.2, 0.25) is 0 Å². The largest absolute Gasteiger partial charge is 0.481 e. The van der Waals surface area contributed by atoms with Crippen molar-refractivity contribution in [1.29, 1.82) is 0 Å². The van der Waals surface area contributed by atoms with E-state index in [0.29, 0.717) is 22.9 Å². The Kier molecular flexibility index (Phi) is 3.50. The van der Waals surface area contributed by atoms with Gasteiger partial charge in [-0.3, -0.25) is 4.57 Å². The molecule has 5 nitrogen and oxygen atoms in total. The van der Waals surface area contributed by atoms with Crippen molar-refractivity contribution in [2.24, 2.45) is 5.73 Å². The Hall–Kier alpha value is -2.54. The highest BCUT2D eigenvalue weighted by Crippen LogP contribution is 2.26. The molecule has 0 unspecified atom stereocenters. The quantitative estimate of drug-likeness (QED) is 0.808. The van der Waals surface area contributed by atoms with E-state index in [1.54, 1.807) is 19.1 Å². The predicted octanol–water partition coefficient (Wildman–Crippen LogP) is 2.73. The monoisotopic (exact) mass is 304 g/mol. The Bertz CT molecular complexity index is 825. The smallest absolute Gasteiger partial charge is 0.215 e. The van der Waals surface area contributed by atoms with Gasteiger partial charge in [0.05, 0.1) is 18.8 Å². The Morgan fingerprint density at radius 1 is 1.14 bits per heavy atom. The van der Waals surface area contributed by atoms with Crippen molar-refractivity contribution in [3.05, 3.63) is 47.8 Å². The van der Waals surface area contributed by atoms with E-state index in [1.165, 1.54) is 23.8 Å². The summed E-state index contributed by atoms with van der Waals surface area (Å²) in [5.74, 6) is -0.534. The van der Waals surface area contributed by atoms with Gasteiger partial charge in [-0.15, -0.1) is 0 Å². The van der Waals surface area contributed by atoms with Gasteiger partial charge in [0.1, 0.15) is 23.0 Å². The molecule has 114 valence electrons. The van der Waals surface area contributed by atoms with Gasteiger partial charge < -0.3 is 10.5 Å². The fourth-order valence-electron chi connectivity index (χ4n) is 2.30. The molecule has 7 heteroatoms. The molecule has 0 aliphatic carbocycles. The van der Waals surface area contributed by atoms with Crippen molar-refractivity contribution in [1.82, 2.24) is 14.5 Å². The van der Waals surface area contributed by atoms with Crippen LogP contribution in [0.4, 0.5) is 8.78 Å². The minimum atomic E-state index is -0.685. The summed E-state index contributed by atoms with van der Waals surface area (Å²) < 4.78 is 33.7. The highest BCUT2D eigenvalue weighted by atomic mass is 19.1. The number of fused-ring (bicyclic) bond motifs is 1. The lowest BCUT2D eigenvalue weighted by Crippen LogP contribution is -2.13. The molecule has 0 radical (unpaired) electrons. The molecule has 0 aliphatic rings. The predicted molar refractivity (Wildman–Crippen MR) is 77.9 cm³/mol. The molecular weight excluding hydrogens is 290 g/mol. The van der Waals surface area contributed by atoms with Crippen LogP contribution in [-0.4, -0.2) is 21.6 Å². The van der Waals surface area contributed by atoms with Crippen LogP contribution < -0.4 is 10.5 Å². The van der Waals surface area contributed by atoms with Gasteiger partial charge in [0.15, 0.2) is 5.65 Å². The van der Waals surface area contributed by atoms with E-state index in [2.05, 4.69) is 9.97 Å². The molecule has 0 saturated carbocycles. The van der Waals surface area contributed by atoms with Gasteiger partial charge in [-0.25, -0.2) is 13.8 Å². The van der Waals surface area contributed by atoms with Gasteiger partial charge >= 0.3 is 0 Å². The number of hydrogen-bond acceptors (Lipinski definition) is 4. The number of pyridine rings is 1. The van der Waals surface area contributed by atoms with Gasteiger partial charge in [-0.05, 0) is 25.1 Å². The number of rotatable bonds is 3. The number of hydrogen-bond donors (Lipinski definition) is 1. The highest BCUT2D eigenvalue weighted by Gasteiger charge is 2.18. The maximum atomic E-state index is 13.5. The van der Waals surface area contributed by atoms with Crippen molar-refractivity contribution < 1.29 is 13.5 Å². The minimum absolute atomic E-state index is 0.271. The summed E-state index contributed by atoms with van der Waals surface area (Å²) in [6.45, 7) is 1.74. The number of benzene rings is 1. The van der Waals surface area contributed by atoms with Crippen molar-refractivity contribution in [2.45, 2.75) is 13.0 Å². The van der Waals surface area contributed by atoms with E-state index in [-0.39, 0.29) is 5.69 Å². The zero-order chi connectivity index (χ0) is 15.9. The Morgan fingerprint density at radius 2 is 1.82 bits per heavy atom. The lowest BCUT2D eigenvalue weighted by Gasteiger charge is -2.11. The molecule has 0 spiro atoms. The number of halogens is 2. The molecule has 22 heavy (non-hydrogen) atoms. The van der Waals surface area contributed by atoms with Gasteiger partial charge in [-0.2, -0.15) is 4.98 Å². The summed E-state index contributed by atoms with van der Waals surface area (Å²) in [4.78, 5) is 8.71. The summed E-state index contributed by atoms with van der Waals surface area (Å²) in [6, 6.07) is 6.17. The van der Waals surface area contributed by atoms with E-state index in [9.17, 15) is 8.78 Å². The third-order valence-electron chi connectivity index (χ3n) is 3.23. The first kappa shape index (κ1) is 14.4. The number of nitrogens with two attached hydrogens (primary N) is 1. The van der Waals surface area contributed by atoms with E-state index in [4.69, 9.17) is 10.5 Å². The number of methoxy groups -OCH3 is 1. The summed E-state index contributed by atoms with van der Waals surface area (Å²) in [5, 5.41) is 0. The van der Waals surface area contributed by atoms with Crippen LogP contribution in [0, 0.1) is 11.6 Å². The summed E-state index contributed by atoms with van der Waals surface area (Å²) in [7, 11) is 1.49. The molecule has 2 N–H and O–H groups in total. The Balaban J connectivity index is 2.35. The molecule has 0 amide bonds. The van der Waals surface area contributed by atoms with Gasteiger partial charge in [0, 0.05) is 12.1 Å². The molecule has 0 saturated heterocycles. The van der Waals surface area contributed by atoms with Crippen LogP contribution in [0.3, 0.4) is 0 Å². The van der Waals surface area contributed by atoms with Crippen LogP contribution in [0.1, 0.15) is 18.8 Å². The molecule has 3 rings (SSSR count). The number of imidazole rings is 1. The molecule has 2 aromatic heterocycles. The summed E-state index contributed by atoms with van der Waals surface area (Å²) >= 11 is 0. The third kappa shape index (κ3) is 2.39. The minimum Gasteiger partial charge on any atom is -0.481 e. The van der Waals surface area contributed by atoms with Crippen LogP contribution in [0.15, 0.2) is 30.3 Å². The third-order valence-corrected chi connectivity index (χ3v) is 3.23. The standard InChI is InChI=1S/C15H14F2N4O/c1-8(18)14-19-12-3-4-13(22-2)20-15(12)21(14)11-6-9(16)5-10(17)7-11/h3-8H,18H2,1-2H3/t8-/m0/s1. The second-order valence-corrected chi connectivity index (χ2v) is 4.92. The number of nitrogens with zero attached hydrogens (tertiary/aromatic N) is 3. The Morgan fingerprint density at radius 3 is 2.41 bits per heavy atom. The van der Waals surface area contributed by atoms with E-state index < -0.39 is 17.7 Å². The van der Waals surface area contributed by atoms with Crippen LogP contribution in [0.5, 0.6) is 5.88 Å². The molecule has 2 heterocycles. The lowest BCUT2D eigenvalue weighted by atomic mass is 10.2. The van der Waals surface area contributed by atoms with Crippen molar-refractivity contribution in [3.63, 3.8) is 0 Å². The van der Waals surface area contributed by atoms with Crippen molar-refractivity contribution in [2.75, 3.05) is 7.11 Å². The molecule has 1 aromatic carbocycles. The molecule has 0 bridgehead atoms. The average Bonchev–Trinajstić information content (AvgIpc) is 2.84. The zero-order valence-corrected chi connectivity index (χ0v) is 12.0. The zero-order valence-electron chi connectivity index (χ0n) is 12.0. The molecule has 3 aromatic rings. The topological polar surface area (TPSA) is 66.0 Å². The van der Waals surface area contributed by atoms with Crippen LogP contribution >= 0.6 is 0 Å². The Labute approximate surface area is 125 Å².